The topological polar surface area (TPSA) is 35.2 Å². The molecule has 1 aromatic carbocycles. The number of aryl methyl sites for hydroxylation is 1. The molecular formula is C12H16FNO. The summed E-state index contributed by atoms with van der Waals surface area (Å²) in [6, 6.07) is 3.38. The molecule has 0 heterocycles. The van der Waals surface area contributed by atoms with Gasteiger partial charge in [0.25, 0.3) is 0 Å². The first-order chi connectivity index (χ1) is 7.04. The number of hydrogen-bond donors (Lipinski definition) is 1. The fourth-order valence-electron chi connectivity index (χ4n) is 1.78. The van der Waals surface area contributed by atoms with Crippen molar-refractivity contribution in [3.63, 3.8) is 0 Å². The number of methoxy groups -OCH3 is 1. The van der Waals surface area contributed by atoms with Crippen LogP contribution in [0.25, 0.3) is 0 Å². The van der Waals surface area contributed by atoms with Crippen molar-refractivity contribution in [2.75, 3.05) is 7.11 Å². The minimum Gasteiger partial charge on any atom is -0.496 e. The van der Waals surface area contributed by atoms with Gasteiger partial charge in [-0.15, -0.1) is 0 Å². The molecule has 0 bridgehead atoms. The van der Waals surface area contributed by atoms with Crippen LogP contribution in [0.1, 0.15) is 24.0 Å². The Labute approximate surface area is 89.2 Å². The maximum atomic E-state index is 13.7. The van der Waals surface area contributed by atoms with Crippen LogP contribution in [0, 0.1) is 12.7 Å². The van der Waals surface area contributed by atoms with Gasteiger partial charge in [-0.3, -0.25) is 0 Å². The molecule has 1 saturated carbocycles. The summed E-state index contributed by atoms with van der Waals surface area (Å²) in [5, 5.41) is 0. The lowest BCUT2D eigenvalue weighted by atomic mass is 10.0. The Morgan fingerprint density at radius 1 is 1.47 bits per heavy atom. The van der Waals surface area contributed by atoms with Crippen molar-refractivity contribution < 1.29 is 9.13 Å². The molecule has 0 aliphatic heterocycles. The summed E-state index contributed by atoms with van der Waals surface area (Å²) in [6.45, 7) is 1.85. The SMILES string of the molecule is COc1cc(C)cc(F)c1CC1(N)CC1. The highest BCUT2D eigenvalue weighted by Gasteiger charge is 2.39. The quantitative estimate of drug-likeness (QED) is 0.828. The van der Waals surface area contributed by atoms with Crippen molar-refractivity contribution in [1.29, 1.82) is 0 Å². The lowest BCUT2D eigenvalue weighted by molar-refractivity contribution is 0.401. The minimum atomic E-state index is -0.205. The molecule has 0 radical (unpaired) electrons. The molecule has 0 unspecified atom stereocenters. The number of nitrogens with two attached hydrogens (primary N) is 1. The first-order valence-corrected chi connectivity index (χ1v) is 5.16. The highest BCUT2D eigenvalue weighted by molar-refractivity contribution is 5.40. The van der Waals surface area contributed by atoms with Crippen LogP contribution in [0.4, 0.5) is 4.39 Å². The molecule has 1 aliphatic rings. The van der Waals surface area contributed by atoms with Crippen LogP contribution in [0.3, 0.4) is 0 Å². The van der Waals surface area contributed by atoms with Gasteiger partial charge in [0.1, 0.15) is 11.6 Å². The maximum absolute atomic E-state index is 13.7. The molecule has 3 heteroatoms. The highest BCUT2D eigenvalue weighted by atomic mass is 19.1. The predicted molar refractivity (Wildman–Crippen MR) is 57.5 cm³/mol. The van der Waals surface area contributed by atoms with Gasteiger partial charge in [-0.25, -0.2) is 4.39 Å². The van der Waals surface area contributed by atoms with Gasteiger partial charge in [-0.2, -0.15) is 0 Å². The molecule has 1 aromatic rings. The van der Waals surface area contributed by atoms with E-state index in [4.69, 9.17) is 10.5 Å². The van der Waals surface area contributed by atoms with E-state index in [1.54, 1.807) is 7.11 Å². The van der Waals surface area contributed by atoms with Crippen LogP contribution >= 0.6 is 0 Å². The van der Waals surface area contributed by atoms with Crippen molar-refractivity contribution in [3.8, 4) is 5.75 Å². The maximum Gasteiger partial charge on any atom is 0.130 e. The lowest BCUT2D eigenvalue weighted by Crippen LogP contribution is -2.25. The molecule has 0 amide bonds. The van der Waals surface area contributed by atoms with Gasteiger partial charge in [0.15, 0.2) is 0 Å². The Morgan fingerprint density at radius 3 is 2.67 bits per heavy atom. The molecule has 2 nitrogen and oxygen atoms in total. The van der Waals surface area contributed by atoms with Gasteiger partial charge < -0.3 is 10.5 Å². The van der Waals surface area contributed by atoms with Crippen LogP contribution in [0.2, 0.25) is 0 Å². The second kappa shape index (κ2) is 3.49. The highest BCUT2D eigenvalue weighted by Crippen LogP contribution is 2.38. The molecule has 15 heavy (non-hydrogen) atoms. The molecule has 0 spiro atoms. The molecule has 0 aromatic heterocycles. The molecular weight excluding hydrogens is 193 g/mol. The van der Waals surface area contributed by atoms with Crippen LogP contribution in [0.15, 0.2) is 12.1 Å². The lowest BCUT2D eigenvalue weighted by Gasteiger charge is -2.14. The monoisotopic (exact) mass is 209 g/mol. The van der Waals surface area contributed by atoms with Gasteiger partial charge >= 0.3 is 0 Å². The van der Waals surface area contributed by atoms with E-state index in [-0.39, 0.29) is 11.4 Å². The molecule has 1 fully saturated rings. The summed E-state index contributed by atoms with van der Waals surface area (Å²) in [5.74, 6) is 0.410. The van der Waals surface area contributed by atoms with E-state index in [9.17, 15) is 4.39 Å². The van der Waals surface area contributed by atoms with Gasteiger partial charge in [0, 0.05) is 11.1 Å². The van der Waals surface area contributed by atoms with Crippen molar-refractivity contribution in [2.24, 2.45) is 5.73 Å². The summed E-state index contributed by atoms with van der Waals surface area (Å²) < 4.78 is 18.9. The Kier molecular flexibility index (Phi) is 2.43. The number of rotatable bonds is 3. The van der Waals surface area contributed by atoms with E-state index in [1.807, 2.05) is 13.0 Å². The zero-order valence-corrected chi connectivity index (χ0v) is 9.14. The summed E-state index contributed by atoms with van der Waals surface area (Å²) in [5.41, 5.74) is 7.28. The van der Waals surface area contributed by atoms with Gasteiger partial charge in [-0.05, 0) is 43.9 Å². The largest absolute Gasteiger partial charge is 0.496 e. The van der Waals surface area contributed by atoms with Crippen molar-refractivity contribution in [1.82, 2.24) is 0 Å². The molecule has 0 saturated heterocycles. The average Bonchev–Trinajstić information content (AvgIpc) is 2.88. The molecule has 1 aliphatic carbocycles. The Bertz CT molecular complexity index is 385. The van der Waals surface area contributed by atoms with Gasteiger partial charge in [0.2, 0.25) is 0 Å². The molecule has 2 rings (SSSR count). The zero-order valence-electron chi connectivity index (χ0n) is 9.14. The first kappa shape index (κ1) is 10.4. The number of ether oxygens (including phenoxy) is 1. The Balaban J connectivity index is 2.35. The van der Waals surface area contributed by atoms with Crippen LogP contribution < -0.4 is 10.5 Å². The van der Waals surface area contributed by atoms with Crippen LogP contribution in [-0.2, 0) is 6.42 Å². The summed E-state index contributed by atoms with van der Waals surface area (Å²) in [4.78, 5) is 0. The van der Waals surface area contributed by atoms with E-state index in [1.165, 1.54) is 6.07 Å². The Hall–Kier alpha value is -1.09. The van der Waals surface area contributed by atoms with Gasteiger partial charge in [-0.1, -0.05) is 0 Å². The zero-order chi connectivity index (χ0) is 11.1. The third-order valence-corrected chi connectivity index (χ3v) is 2.94. The average molecular weight is 209 g/mol. The second-order valence-electron chi connectivity index (χ2n) is 4.47. The fourth-order valence-corrected chi connectivity index (χ4v) is 1.78. The first-order valence-electron chi connectivity index (χ1n) is 5.16. The van der Waals surface area contributed by atoms with Crippen molar-refractivity contribution in [2.45, 2.75) is 31.7 Å². The van der Waals surface area contributed by atoms with E-state index in [0.717, 1.165) is 18.4 Å². The second-order valence-corrected chi connectivity index (χ2v) is 4.47. The van der Waals surface area contributed by atoms with Crippen LogP contribution in [-0.4, -0.2) is 12.6 Å². The van der Waals surface area contributed by atoms with E-state index in [0.29, 0.717) is 17.7 Å². The fraction of sp³-hybridized carbons (Fsp3) is 0.500. The number of halogens is 1. The molecule has 2 N–H and O–H groups in total. The smallest absolute Gasteiger partial charge is 0.130 e. The van der Waals surface area contributed by atoms with Crippen LogP contribution in [0.5, 0.6) is 5.75 Å². The number of hydrogen-bond acceptors (Lipinski definition) is 2. The Morgan fingerprint density at radius 2 is 2.13 bits per heavy atom. The minimum absolute atomic E-state index is 0.191. The normalized spacial score (nSPS) is 17.6. The number of benzene rings is 1. The summed E-state index contributed by atoms with van der Waals surface area (Å²) in [6.07, 6.45) is 2.52. The third-order valence-electron chi connectivity index (χ3n) is 2.94. The summed E-state index contributed by atoms with van der Waals surface area (Å²) >= 11 is 0. The van der Waals surface area contributed by atoms with Gasteiger partial charge in [0.05, 0.1) is 7.11 Å². The van der Waals surface area contributed by atoms with E-state index >= 15 is 0 Å². The van der Waals surface area contributed by atoms with Crippen molar-refractivity contribution in [3.05, 3.63) is 29.1 Å². The summed E-state index contributed by atoms with van der Waals surface area (Å²) in [7, 11) is 1.56. The van der Waals surface area contributed by atoms with E-state index < -0.39 is 0 Å². The predicted octanol–water partition coefficient (Wildman–Crippen LogP) is 2.18. The molecule has 0 atom stereocenters. The van der Waals surface area contributed by atoms with E-state index in [2.05, 4.69) is 0 Å². The molecule has 82 valence electrons. The third kappa shape index (κ3) is 2.12. The van der Waals surface area contributed by atoms with Crippen molar-refractivity contribution >= 4 is 0 Å². The standard InChI is InChI=1S/C12H16FNO/c1-8-5-10(13)9(11(6-8)15-2)7-12(14)3-4-12/h5-6H,3-4,7,14H2,1-2H3.